The highest BCUT2D eigenvalue weighted by Crippen LogP contribution is 2.27. The average molecular weight is 460 g/mol. The Kier molecular flexibility index (Phi) is 6.07. The van der Waals surface area contributed by atoms with Crippen LogP contribution in [0, 0.1) is 0 Å². The summed E-state index contributed by atoms with van der Waals surface area (Å²) in [6.07, 6.45) is 7.16. The number of nitrogens with one attached hydrogen (secondary N) is 1. The minimum atomic E-state index is -0.259. The third kappa shape index (κ3) is 4.28. The number of hydrogen-bond acceptors (Lipinski definition) is 7. The Morgan fingerprint density at radius 2 is 2.12 bits per heavy atom. The molecule has 3 aromatic heterocycles. The van der Waals surface area contributed by atoms with Crippen LogP contribution in [0.5, 0.6) is 0 Å². The number of likely N-dealkylation sites (tertiary alicyclic amines) is 1. The van der Waals surface area contributed by atoms with Crippen molar-refractivity contribution in [3.05, 3.63) is 78.3 Å². The topological polar surface area (TPSA) is 120 Å². The number of nitrogens with zero attached hydrogens (tertiary/aromatic N) is 5. The standard InChI is InChI=1S/C24H25N7O3/c25-10-17-4-5-19(30-14-21(27-15-30)18-12-29(13-18)7-8-34-16-32)9-20(17)28-24(33)22-11-26-23-3-1-2-6-31(22)23/h1-6,9,11,14-16,18H,7-8,10,12-13,25H2,(H,28,33). The second kappa shape index (κ2) is 9.46. The number of pyridine rings is 1. The molecule has 10 heteroatoms. The molecule has 4 heterocycles. The smallest absolute Gasteiger partial charge is 0.293 e. The summed E-state index contributed by atoms with van der Waals surface area (Å²) in [7, 11) is 0. The average Bonchev–Trinajstić information content (AvgIpc) is 3.48. The lowest BCUT2D eigenvalue weighted by Crippen LogP contribution is -2.46. The largest absolute Gasteiger partial charge is 0.467 e. The third-order valence-electron chi connectivity index (χ3n) is 6.08. The van der Waals surface area contributed by atoms with Crippen molar-refractivity contribution in [3.8, 4) is 5.69 Å². The van der Waals surface area contributed by atoms with Gasteiger partial charge in [-0.15, -0.1) is 0 Å². The molecule has 5 rings (SSSR count). The van der Waals surface area contributed by atoms with Gasteiger partial charge in [-0.2, -0.15) is 0 Å². The Bertz CT molecular complexity index is 1320. The summed E-state index contributed by atoms with van der Waals surface area (Å²) >= 11 is 0. The molecule has 1 aliphatic rings. The molecule has 1 fully saturated rings. The van der Waals surface area contributed by atoms with Gasteiger partial charge in [-0.25, -0.2) is 9.97 Å². The van der Waals surface area contributed by atoms with Crippen LogP contribution in [0.4, 0.5) is 5.69 Å². The highest BCUT2D eigenvalue weighted by atomic mass is 16.5. The second-order valence-electron chi connectivity index (χ2n) is 8.20. The number of carbonyl (C=O) groups excluding carboxylic acids is 2. The Balaban J connectivity index is 1.31. The van der Waals surface area contributed by atoms with Gasteiger partial charge in [-0.1, -0.05) is 12.1 Å². The molecule has 1 amide bonds. The van der Waals surface area contributed by atoms with Gasteiger partial charge >= 0.3 is 0 Å². The van der Waals surface area contributed by atoms with Crippen molar-refractivity contribution in [2.75, 3.05) is 31.6 Å². The van der Waals surface area contributed by atoms with E-state index in [0.717, 1.165) is 36.6 Å². The molecule has 0 spiro atoms. The van der Waals surface area contributed by atoms with E-state index in [1.54, 1.807) is 23.1 Å². The van der Waals surface area contributed by atoms with E-state index >= 15 is 0 Å². The number of fused-ring (bicyclic) bond motifs is 1. The maximum Gasteiger partial charge on any atom is 0.293 e. The molecule has 34 heavy (non-hydrogen) atoms. The van der Waals surface area contributed by atoms with Crippen LogP contribution < -0.4 is 11.1 Å². The van der Waals surface area contributed by atoms with E-state index in [1.165, 1.54) is 0 Å². The molecule has 0 saturated carbocycles. The van der Waals surface area contributed by atoms with Crippen molar-refractivity contribution in [2.45, 2.75) is 12.5 Å². The molecular weight excluding hydrogens is 434 g/mol. The fraction of sp³-hybridized carbons (Fsp3) is 0.250. The second-order valence-corrected chi connectivity index (χ2v) is 8.20. The Morgan fingerprint density at radius 1 is 1.24 bits per heavy atom. The van der Waals surface area contributed by atoms with Crippen molar-refractivity contribution >= 4 is 23.7 Å². The van der Waals surface area contributed by atoms with Gasteiger partial charge in [0, 0.05) is 55.9 Å². The van der Waals surface area contributed by atoms with Crippen LogP contribution in [-0.4, -0.2) is 62.5 Å². The molecule has 10 nitrogen and oxygen atoms in total. The first-order valence-electron chi connectivity index (χ1n) is 11.0. The first kappa shape index (κ1) is 21.8. The van der Waals surface area contributed by atoms with Crippen molar-refractivity contribution in [3.63, 3.8) is 0 Å². The molecule has 0 aliphatic carbocycles. The SMILES string of the molecule is NCc1ccc(-n2cnc(C3CN(CCOC=O)C3)c2)cc1NC(=O)c1cnc2ccccn12. The predicted molar refractivity (Wildman–Crippen MR) is 126 cm³/mol. The Morgan fingerprint density at radius 3 is 2.94 bits per heavy atom. The van der Waals surface area contributed by atoms with E-state index in [0.29, 0.717) is 42.6 Å². The summed E-state index contributed by atoms with van der Waals surface area (Å²) in [4.78, 5) is 34.4. The first-order chi connectivity index (χ1) is 16.7. The molecular formula is C24H25N7O3. The summed E-state index contributed by atoms with van der Waals surface area (Å²) in [5, 5.41) is 2.99. The van der Waals surface area contributed by atoms with E-state index < -0.39 is 0 Å². The lowest BCUT2D eigenvalue weighted by atomic mass is 9.97. The fourth-order valence-corrected chi connectivity index (χ4v) is 4.17. The van der Waals surface area contributed by atoms with E-state index in [-0.39, 0.29) is 5.91 Å². The van der Waals surface area contributed by atoms with E-state index in [9.17, 15) is 9.59 Å². The van der Waals surface area contributed by atoms with Crippen LogP contribution in [-0.2, 0) is 16.1 Å². The lowest BCUT2D eigenvalue weighted by molar-refractivity contribution is -0.129. The number of imidazole rings is 2. The molecule has 3 N–H and O–H groups in total. The molecule has 1 saturated heterocycles. The van der Waals surface area contributed by atoms with Crippen molar-refractivity contribution in [1.29, 1.82) is 0 Å². The van der Waals surface area contributed by atoms with Crippen LogP contribution in [0.25, 0.3) is 11.3 Å². The van der Waals surface area contributed by atoms with Gasteiger partial charge < -0.3 is 20.4 Å². The highest BCUT2D eigenvalue weighted by Gasteiger charge is 2.29. The van der Waals surface area contributed by atoms with Crippen LogP contribution >= 0.6 is 0 Å². The predicted octanol–water partition coefficient (Wildman–Crippen LogP) is 1.80. The Hall–Kier alpha value is -4.02. The first-order valence-corrected chi connectivity index (χ1v) is 11.0. The number of hydrogen-bond donors (Lipinski definition) is 2. The molecule has 0 bridgehead atoms. The summed E-state index contributed by atoms with van der Waals surface area (Å²) < 4.78 is 8.45. The van der Waals surface area contributed by atoms with E-state index in [2.05, 4.69) is 20.2 Å². The zero-order chi connectivity index (χ0) is 23.5. The number of ether oxygens (including phenoxy) is 1. The maximum absolute atomic E-state index is 13.0. The molecule has 0 atom stereocenters. The monoisotopic (exact) mass is 459 g/mol. The number of carbonyl (C=O) groups is 2. The van der Waals surface area contributed by atoms with Gasteiger partial charge in [0.25, 0.3) is 12.4 Å². The minimum absolute atomic E-state index is 0.259. The number of nitrogens with two attached hydrogens (primary N) is 1. The lowest BCUT2D eigenvalue weighted by Gasteiger charge is -2.38. The van der Waals surface area contributed by atoms with Crippen molar-refractivity contribution in [1.82, 2.24) is 23.8 Å². The van der Waals surface area contributed by atoms with Crippen LogP contribution in [0.15, 0.2) is 61.3 Å². The Labute approximate surface area is 196 Å². The van der Waals surface area contributed by atoms with Crippen LogP contribution in [0.2, 0.25) is 0 Å². The number of benzene rings is 1. The molecule has 0 radical (unpaired) electrons. The van der Waals surface area contributed by atoms with Gasteiger partial charge in [0.2, 0.25) is 0 Å². The number of rotatable bonds is 9. The molecule has 174 valence electrons. The summed E-state index contributed by atoms with van der Waals surface area (Å²) in [6.45, 7) is 3.67. The van der Waals surface area contributed by atoms with Crippen molar-refractivity contribution in [2.24, 2.45) is 5.73 Å². The zero-order valence-corrected chi connectivity index (χ0v) is 18.5. The zero-order valence-electron chi connectivity index (χ0n) is 18.5. The number of aromatic nitrogens is 4. The minimum Gasteiger partial charge on any atom is -0.467 e. The summed E-state index contributed by atoms with van der Waals surface area (Å²) in [6, 6.07) is 11.4. The van der Waals surface area contributed by atoms with E-state index in [1.807, 2.05) is 47.2 Å². The fourth-order valence-electron chi connectivity index (χ4n) is 4.17. The number of amides is 1. The van der Waals surface area contributed by atoms with Gasteiger partial charge in [-0.05, 0) is 29.8 Å². The maximum atomic E-state index is 13.0. The van der Waals surface area contributed by atoms with Gasteiger partial charge in [0.15, 0.2) is 0 Å². The summed E-state index contributed by atoms with van der Waals surface area (Å²) in [5.74, 6) is 0.0834. The molecule has 4 aromatic rings. The normalized spacial score (nSPS) is 14.1. The van der Waals surface area contributed by atoms with Gasteiger partial charge in [-0.3, -0.25) is 18.9 Å². The summed E-state index contributed by atoms with van der Waals surface area (Å²) in [5.41, 5.74) is 10.4. The van der Waals surface area contributed by atoms with E-state index in [4.69, 9.17) is 10.5 Å². The van der Waals surface area contributed by atoms with Crippen LogP contribution in [0.1, 0.15) is 27.7 Å². The number of anilines is 1. The molecule has 1 aliphatic heterocycles. The quantitative estimate of drug-likeness (QED) is 0.289. The molecule has 0 unspecified atom stereocenters. The van der Waals surface area contributed by atoms with Gasteiger partial charge in [0.1, 0.15) is 17.9 Å². The third-order valence-corrected chi connectivity index (χ3v) is 6.08. The highest BCUT2D eigenvalue weighted by molar-refractivity contribution is 6.04. The van der Waals surface area contributed by atoms with Gasteiger partial charge in [0.05, 0.1) is 18.2 Å². The van der Waals surface area contributed by atoms with Crippen molar-refractivity contribution < 1.29 is 14.3 Å². The molecule has 1 aromatic carbocycles. The van der Waals surface area contributed by atoms with Crippen LogP contribution in [0.3, 0.4) is 0 Å².